The molecular weight excluding hydrogens is 414 g/mol. The molecule has 3 heterocycles. The van der Waals surface area contributed by atoms with Crippen molar-refractivity contribution in [2.45, 2.75) is 33.2 Å². The predicted molar refractivity (Wildman–Crippen MR) is 127 cm³/mol. The molecule has 0 N–H and O–H groups in total. The number of amides is 1. The molecule has 0 radical (unpaired) electrons. The molecular formula is C26H23N5O2. The molecule has 4 rings (SSSR count). The van der Waals surface area contributed by atoms with Gasteiger partial charge in [-0.1, -0.05) is 49.7 Å². The van der Waals surface area contributed by atoms with Gasteiger partial charge in [-0.2, -0.15) is 10.3 Å². The molecule has 33 heavy (non-hydrogen) atoms. The van der Waals surface area contributed by atoms with Crippen LogP contribution in [0.5, 0.6) is 0 Å². The third-order valence-electron chi connectivity index (χ3n) is 5.39. The molecule has 1 aromatic carbocycles. The second-order valence-electron chi connectivity index (χ2n) is 7.73. The van der Waals surface area contributed by atoms with E-state index in [2.05, 4.69) is 11.1 Å². The molecule has 164 valence electrons. The van der Waals surface area contributed by atoms with Gasteiger partial charge in [0, 0.05) is 18.8 Å². The Bertz CT molecular complexity index is 1550. The second-order valence-corrected chi connectivity index (χ2v) is 7.73. The maximum Gasteiger partial charge on any atom is 0.271 e. The molecule has 0 atom stereocenters. The highest BCUT2D eigenvalue weighted by Crippen LogP contribution is 2.13. The van der Waals surface area contributed by atoms with Crippen LogP contribution < -0.4 is 11.0 Å². The van der Waals surface area contributed by atoms with E-state index in [0.717, 1.165) is 24.0 Å². The number of aryl methyl sites for hydroxylation is 2. The molecule has 0 bridgehead atoms. The monoisotopic (exact) mass is 437 g/mol. The van der Waals surface area contributed by atoms with Crippen LogP contribution in [-0.4, -0.2) is 19.9 Å². The fraction of sp³-hybridized carbons (Fsp3) is 0.192. The van der Waals surface area contributed by atoms with Crippen molar-refractivity contribution in [3.8, 4) is 6.07 Å². The van der Waals surface area contributed by atoms with Gasteiger partial charge >= 0.3 is 0 Å². The molecule has 0 unspecified atom stereocenters. The number of carbonyl (C=O) groups excluding carboxylic acids is 1. The lowest BCUT2D eigenvalue weighted by Crippen LogP contribution is -2.29. The molecule has 0 aliphatic heterocycles. The molecule has 3 aromatic heterocycles. The summed E-state index contributed by atoms with van der Waals surface area (Å²) in [6.45, 7) is 4.41. The summed E-state index contributed by atoms with van der Waals surface area (Å²) in [6.07, 6.45) is 6.38. The lowest BCUT2D eigenvalue weighted by molar-refractivity contribution is -0.113. The number of hydrogen-bond acceptors (Lipinski definition) is 4. The highest BCUT2D eigenvalue weighted by molar-refractivity contribution is 5.92. The average Bonchev–Trinajstić information content (AvgIpc) is 2.83. The van der Waals surface area contributed by atoms with Gasteiger partial charge in [-0.3, -0.25) is 14.0 Å². The third kappa shape index (κ3) is 4.37. The van der Waals surface area contributed by atoms with Crippen molar-refractivity contribution in [1.82, 2.24) is 14.0 Å². The Balaban J connectivity index is 1.99. The van der Waals surface area contributed by atoms with Gasteiger partial charge in [-0.05, 0) is 42.7 Å². The number of hydrogen-bond donors (Lipinski definition) is 0. The summed E-state index contributed by atoms with van der Waals surface area (Å²) in [5, 5.41) is 10.1. The molecule has 7 heteroatoms. The van der Waals surface area contributed by atoms with Crippen LogP contribution >= 0.6 is 0 Å². The Kier molecular flexibility index (Phi) is 6.27. The molecule has 4 aromatic rings. The molecule has 0 saturated carbocycles. The van der Waals surface area contributed by atoms with E-state index in [1.165, 1.54) is 16.5 Å². The molecule has 0 aliphatic carbocycles. The fourth-order valence-electron chi connectivity index (χ4n) is 3.69. The number of fused-ring (bicyclic) bond motifs is 2. The summed E-state index contributed by atoms with van der Waals surface area (Å²) in [5.41, 5.74) is 2.78. The van der Waals surface area contributed by atoms with Gasteiger partial charge in [0.25, 0.3) is 11.5 Å². The van der Waals surface area contributed by atoms with Gasteiger partial charge in [0.15, 0.2) is 5.49 Å². The lowest BCUT2D eigenvalue weighted by atomic mass is 10.2. The molecule has 0 spiro atoms. The summed E-state index contributed by atoms with van der Waals surface area (Å²) in [4.78, 5) is 34.9. The van der Waals surface area contributed by atoms with E-state index in [9.17, 15) is 14.9 Å². The zero-order chi connectivity index (χ0) is 23.4. The maximum atomic E-state index is 13.2. The zero-order valence-electron chi connectivity index (χ0n) is 18.5. The molecule has 0 saturated heterocycles. The molecule has 0 aliphatic rings. The number of pyridine rings is 2. The first-order valence-electron chi connectivity index (χ1n) is 10.8. The van der Waals surface area contributed by atoms with Crippen molar-refractivity contribution in [3.63, 3.8) is 0 Å². The van der Waals surface area contributed by atoms with Crippen LogP contribution in [0, 0.1) is 18.3 Å². The van der Waals surface area contributed by atoms with E-state index >= 15 is 0 Å². The van der Waals surface area contributed by atoms with Gasteiger partial charge in [0.1, 0.15) is 17.4 Å². The van der Waals surface area contributed by atoms with Crippen molar-refractivity contribution in [2.24, 2.45) is 4.99 Å². The largest absolute Gasteiger partial charge is 0.309 e. The van der Waals surface area contributed by atoms with Gasteiger partial charge < -0.3 is 4.57 Å². The summed E-state index contributed by atoms with van der Waals surface area (Å²) in [6, 6.07) is 16.7. The van der Waals surface area contributed by atoms with E-state index < -0.39 is 5.91 Å². The Morgan fingerprint density at radius 1 is 1.18 bits per heavy atom. The summed E-state index contributed by atoms with van der Waals surface area (Å²) in [7, 11) is 0. The van der Waals surface area contributed by atoms with E-state index in [1.54, 1.807) is 22.9 Å². The number of rotatable bonds is 5. The van der Waals surface area contributed by atoms with E-state index in [1.807, 2.05) is 50.2 Å². The Hall–Kier alpha value is -4.31. The Morgan fingerprint density at radius 3 is 2.70 bits per heavy atom. The minimum Gasteiger partial charge on any atom is -0.309 e. The predicted octanol–water partition coefficient (Wildman–Crippen LogP) is 3.77. The number of nitriles is 1. The Morgan fingerprint density at radius 2 is 1.97 bits per heavy atom. The van der Waals surface area contributed by atoms with Crippen LogP contribution in [0.25, 0.3) is 22.8 Å². The van der Waals surface area contributed by atoms with Crippen LogP contribution in [0.3, 0.4) is 0 Å². The topological polar surface area (TPSA) is 92.5 Å². The quantitative estimate of drug-likeness (QED) is 0.351. The Labute approximate surface area is 190 Å². The van der Waals surface area contributed by atoms with Gasteiger partial charge in [-0.15, -0.1) is 0 Å². The molecule has 7 nitrogen and oxygen atoms in total. The number of aromatic nitrogens is 3. The van der Waals surface area contributed by atoms with Crippen LogP contribution in [0.1, 0.15) is 36.5 Å². The van der Waals surface area contributed by atoms with Crippen LogP contribution in [0.4, 0.5) is 0 Å². The summed E-state index contributed by atoms with van der Waals surface area (Å²) in [5.74, 6) is -0.492. The van der Waals surface area contributed by atoms with Gasteiger partial charge in [0.2, 0.25) is 0 Å². The zero-order valence-corrected chi connectivity index (χ0v) is 18.5. The number of nitrogens with zero attached hydrogens (tertiary/aromatic N) is 5. The van der Waals surface area contributed by atoms with Crippen LogP contribution in [0.15, 0.2) is 70.6 Å². The second kappa shape index (κ2) is 9.45. The molecule has 1 amide bonds. The van der Waals surface area contributed by atoms with Crippen LogP contribution in [-0.2, 0) is 11.3 Å². The smallest absolute Gasteiger partial charge is 0.271 e. The van der Waals surface area contributed by atoms with Gasteiger partial charge in [0.05, 0.1) is 10.9 Å². The minimum atomic E-state index is -0.492. The normalized spacial score (nSPS) is 12.0. The maximum absolute atomic E-state index is 13.2. The first kappa shape index (κ1) is 21.9. The number of benzene rings is 1. The number of unbranched alkanes of at least 4 members (excludes halogenated alkanes) is 1. The lowest BCUT2D eigenvalue weighted by Gasteiger charge is -2.13. The minimum absolute atomic E-state index is 0.159. The first-order valence-corrected chi connectivity index (χ1v) is 10.8. The van der Waals surface area contributed by atoms with Crippen molar-refractivity contribution in [1.29, 1.82) is 5.26 Å². The van der Waals surface area contributed by atoms with Crippen molar-refractivity contribution in [3.05, 3.63) is 93.3 Å². The van der Waals surface area contributed by atoms with E-state index in [-0.39, 0.29) is 16.6 Å². The molecule has 0 fully saturated rings. The third-order valence-corrected chi connectivity index (χ3v) is 5.39. The van der Waals surface area contributed by atoms with E-state index in [4.69, 9.17) is 4.98 Å². The SMILES string of the molecule is CCCCn1c(=NC(=O)/C=C/c2ccccc2)c(C#N)cc2c(=O)n3cccc(C)c3nc21. The first-order chi connectivity index (χ1) is 16.0. The van der Waals surface area contributed by atoms with Gasteiger partial charge in [-0.25, -0.2) is 4.98 Å². The highest BCUT2D eigenvalue weighted by atomic mass is 16.1. The van der Waals surface area contributed by atoms with Crippen molar-refractivity contribution in [2.75, 3.05) is 0 Å². The highest BCUT2D eigenvalue weighted by Gasteiger charge is 2.15. The number of carbonyl (C=O) groups is 1. The van der Waals surface area contributed by atoms with Crippen molar-refractivity contribution < 1.29 is 4.79 Å². The summed E-state index contributed by atoms with van der Waals surface area (Å²) >= 11 is 0. The van der Waals surface area contributed by atoms with Crippen molar-refractivity contribution >= 4 is 28.7 Å². The standard InChI is InChI=1S/C26H23N5O2/c1-3-4-14-30-24(28-22(32)13-12-19-10-6-5-7-11-19)20(17-27)16-21-25(30)29-23-18(2)9-8-15-31(23)26(21)33/h5-13,15-16H,3-4,14H2,1-2H3/b13-12+,28-24?. The summed E-state index contributed by atoms with van der Waals surface area (Å²) < 4.78 is 3.20. The van der Waals surface area contributed by atoms with Crippen LogP contribution in [0.2, 0.25) is 0 Å². The fourth-order valence-corrected chi connectivity index (χ4v) is 3.69. The van der Waals surface area contributed by atoms with E-state index in [0.29, 0.717) is 23.2 Å². The average molecular weight is 438 g/mol.